The number of nitro groups is 1. The first-order valence-corrected chi connectivity index (χ1v) is 4.68. The lowest BCUT2D eigenvalue weighted by atomic mass is 10.2. The molecule has 1 aromatic rings. The maximum absolute atomic E-state index is 10.6. The Labute approximate surface area is 82.1 Å². The van der Waals surface area contributed by atoms with Gasteiger partial charge < -0.3 is 5.32 Å². The minimum Gasteiger partial charge on any atom is -0.382 e. The van der Waals surface area contributed by atoms with Crippen LogP contribution in [0.5, 0.6) is 0 Å². The zero-order valence-electron chi connectivity index (χ0n) is 7.99. The summed E-state index contributed by atoms with van der Waals surface area (Å²) in [4.78, 5) is 10.2. The van der Waals surface area contributed by atoms with Crippen molar-refractivity contribution in [2.75, 3.05) is 5.32 Å². The van der Waals surface area contributed by atoms with E-state index in [0.717, 1.165) is 11.3 Å². The van der Waals surface area contributed by atoms with E-state index in [1.54, 1.807) is 12.1 Å². The monoisotopic (exact) mass is 192 g/mol. The summed E-state index contributed by atoms with van der Waals surface area (Å²) < 4.78 is 0. The zero-order chi connectivity index (χ0) is 10.1. The Morgan fingerprint density at radius 2 is 2.14 bits per heavy atom. The van der Waals surface area contributed by atoms with Gasteiger partial charge in [-0.2, -0.15) is 0 Å². The Kier molecular flexibility index (Phi) is 2.11. The fourth-order valence-corrected chi connectivity index (χ4v) is 1.41. The van der Waals surface area contributed by atoms with Crippen LogP contribution in [-0.2, 0) is 0 Å². The first-order chi connectivity index (χ1) is 6.65. The van der Waals surface area contributed by atoms with Gasteiger partial charge in [-0.1, -0.05) is 0 Å². The quantitative estimate of drug-likeness (QED) is 0.591. The summed E-state index contributed by atoms with van der Waals surface area (Å²) in [6.45, 7) is 1.87. The number of hydrogen-bond donors (Lipinski definition) is 1. The molecular formula is C10H12N2O2. The van der Waals surface area contributed by atoms with Crippen LogP contribution in [0.2, 0.25) is 0 Å². The van der Waals surface area contributed by atoms with E-state index in [-0.39, 0.29) is 10.6 Å². The zero-order valence-corrected chi connectivity index (χ0v) is 7.99. The topological polar surface area (TPSA) is 55.2 Å². The molecule has 1 aliphatic rings. The van der Waals surface area contributed by atoms with Crippen LogP contribution in [0.25, 0.3) is 0 Å². The van der Waals surface area contributed by atoms with Gasteiger partial charge in [0.1, 0.15) is 0 Å². The highest BCUT2D eigenvalue weighted by Gasteiger charge is 2.21. The fourth-order valence-electron chi connectivity index (χ4n) is 1.41. The van der Waals surface area contributed by atoms with Gasteiger partial charge >= 0.3 is 0 Å². The maximum atomic E-state index is 10.6. The molecule has 0 radical (unpaired) electrons. The van der Waals surface area contributed by atoms with Crippen molar-refractivity contribution in [2.45, 2.75) is 25.8 Å². The van der Waals surface area contributed by atoms with Crippen LogP contribution in [-0.4, -0.2) is 11.0 Å². The molecule has 1 saturated carbocycles. The Morgan fingerprint density at radius 1 is 1.43 bits per heavy atom. The van der Waals surface area contributed by atoms with Crippen molar-refractivity contribution in [3.8, 4) is 0 Å². The molecule has 0 amide bonds. The average molecular weight is 192 g/mol. The van der Waals surface area contributed by atoms with Crippen molar-refractivity contribution in [2.24, 2.45) is 0 Å². The predicted molar refractivity (Wildman–Crippen MR) is 54.5 cm³/mol. The van der Waals surface area contributed by atoms with Crippen LogP contribution in [0.3, 0.4) is 0 Å². The normalized spacial score (nSPS) is 15.2. The van der Waals surface area contributed by atoms with Gasteiger partial charge in [-0.3, -0.25) is 10.1 Å². The molecule has 0 atom stereocenters. The molecule has 1 fully saturated rings. The number of anilines is 1. The standard InChI is InChI=1S/C10H12N2O2/c1-7-4-9(11-8-2-3-8)6-10(5-7)12(13)14/h4-6,8,11H,2-3H2,1H3. The molecular weight excluding hydrogens is 180 g/mol. The van der Waals surface area contributed by atoms with E-state index < -0.39 is 0 Å². The summed E-state index contributed by atoms with van der Waals surface area (Å²) in [5, 5.41) is 13.8. The summed E-state index contributed by atoms with van der Waals surface area (Å²) in [6, 6.07) is 5.63. The van der Waals surface area contributed by atoms with E-state index in [1.165, 1.54) is 12.8 Å². The van der Waals surface area contributed by atoms with E-state index in [1.807, 2.05) is 13.0 Å². The molecule has 1 N–H and O–H groups in total. The van der Waals surface area contributed by atoms with Gasteiger partial charge in [0.25, 0.3) is 5.69 Å². The van der Waals surface area contributed by atoms with E-state index in [2.05, 4.69) is 5.32 Å². The SMILES string of the molecule is Cc1cc(NC2CC2)cc([N+](=O)[O-])c1. The number of hydrogen-bond acceptors (Lipinski definition) is 3. The lowest BCUT2D eigenvalue weighted by molar-refractivity contribution is -0.384. The summed E-state index contributed by atoms with van der Waals surface area (Å²) in [6.07, 6.45) is 2.34. The number of nitrogens with one attached hydrogen (secondary N) is 1. The highest BCUT2D eigenvalue weighted by Crippen LogP contribution is 2.27. The van der Waals surface area contributed by atoms with Crippen LogP contribution >= 0.6 is 0 Å². The lowest BCUT2D eigenvalue weighted by Gasteiger charge is -2.04. The van der Waals surface area contributed by atoms with Gasteiger partial charge in [0.15, 0.2) is 0 Å². The average Bonchev–Trinajstić information content (AvgIpc) is 2.87. The third-order valence-corrected chi connectivity index (χ3v) is 2.22. The van der Waals surface area contributed by atoms with Crippen molar-refractivity contribution < 1.29 is 4.92 Å². The van der Waals surface area contributed by atoms with Crippen LogP contribution in [0.4, 0.5) is 11.4 Å². The molecule has 0 saturated heterocycles. The highest BCUT2D eigenvalue weighted by molar-refractivity contribution is 5.54. The van der Waals surface area contributed by atoms with E-state index in [9.17, 15) is 10.1 Å². The van der Waals surface area contributed by atoms with Crippen molar-refractivity contribution >= 4 is 11.4 Å². The Morgan fingerprint density at radius 3 is 2.71 bits per heavy atom. The molecule has 4 heteroatoms. The van der Waals surface area contributed by atoms with Gasteiger partial charge in [-0.05, 0) is 31.4 Å². The highest BCUT2D eigenvalue weighted by atomic mass is 16.6. The number of nitro benzene ring substituents is 1. The lowest BCUT2D eigenvalue weighted by Crippen LogP contribution is -2.01. The number of rotatable bonds is 3. The smallest absolute Gasteiger partial charge is 0.271 e. The summed E-state index contributed by atoms with van der Waals surface area (Å²) in [5.41, 5.74) is 1.94. The van der Waals surface area contributed by atoms with Gasteiger partial charge in [-0.15, -0.1) is 0 Å². The molecule has 1 aliphatic carbocycles. The van der Waals surface area contributed by atoms with E-state index >= 15 is 0 Å². The number of non-ortho nitro benzene ring substituents is 1. The molecule has 1 aromatic carbocycles. The van der Waals surface area contributed by atoms with Crippen LogP contribution in [0, 0.1) is 17.0 Å². The van der Waals surface area contributed by atoms with E-state index in [4.69, 9.17) is 0 Å². The summed E-state index contributed by atoms with van der Waals surface area (Å²) in [7, 11) is 0. The first kappa shape index (κ1) is 8.99. The molecule has 0 aromatic heterocycles. The predicted octanol–water partition coefficient (Wildman–Crippen LogP) is 2.48. The molecule has 14 heavy (non-hydrogen) atoms. The van der Waals surface area contributed by atoms with E-state index in [0.29, 0.717) is 6.04 Å². The second-order valence-corrected chi connectivity index (χ2v) is 3.73. The molecule has 4 nitrogen and oxygen atoms in total. The molecule has 0 aliphatic heterocycles. The molecule has 2 rings (SSSR count). The number of nitrogens with zero attached hydrogens (tertiary/aromatic N) is 1. The Hall–Kier alpha value is -1.58. The maximum Gasteiger partial charge on any atom is 0.271 e. The second-order valence-electron chi connectivity index (χ2n) is 3.73. The Bertz CT molecular complexity index is 372. The van der Waals surface area contributed by atoms with Gasteiger partial charge in [0.2, 0.25) is 0 Å². The number of benzene rings is 1. The largest absolute Gasteiger partial charge is 0.382 e. The van der Waals surface area contributed by atoms with Crippen molar-refractivity contribution in [1.82, 2.24) is 0 Å². The second kappa shape index (κ2) is 3.29. The first-order valence-electron chi connectivity index (χ1n) is 4.68. The fraction of sp³-hybridized carbons (Fsp3) is 0.400. The van der Waals surface area contributed by atoms with Gasteiger partial charge in [0.05, 0.1) is 4.92 Å². The minimum absolute atomic E-state index is 0.160. The summed E-state index contributed by atoms with van der Waals surface area (Å²) >= 11 is 0. The third kappa shape index (κ3) is 2.02. The molecule has 0 heterocycles. The molecule has 0 spiro atoms. The van der Waals surface area contributed by atoms with Crippen molar-refractivity contribution in [3.05, 3.63) is 33.9 Å². The van der Waals surface area contributed by atoms with Crippen LogP contribution in [0.1, 0.15) is 18.4 Å². The molecule has 74 valence electrons. The van der Waals surface area contributed by atoms with Crippen molar-refractivity contribution in [3.63, 3.8) is 0 Å². The van der Waals surface area contributed by atoms with Gasteiger partial charge in [0, 0.05) is 23.9 Å². The van der Waals surface area contributed by atoms with Crippen LogP contribution < -0.4 is 5.32 Å². The van der Waals surface area contributed by atoms with Gasteiger partial charge in [-0.25, -0.2) is 0 Å². The molecule has 0 bridgehead atoms. The minimum atomic E-state index is -0.356. The Balaban J connectivity index is 2.25. The third-order valence-electron chi connectivity index (χ3n) is 2.22. The molecule has 0 unspecified atom stereocenters. The van der Waals surface area contributed by atoms with Crippen LogP contribution in [0.15, 0.2) is 18.2 Å². The van der Waals surface area contributed by atoms with Crippen molar-refractivity contribution in [1.29, 1.82) is 0 Å². The number of aryl methyl sites for hydroxylation is 1. The summed E-state index contributed by atoms with van der Waals surface area (Å²) in [5.74, 6) is 0.